The minimum absolute atomic E-state index is 0.00235. The molecule has 0 spiro atoms. The Morgan fingerprint density at radius 1 is 1.07 bits per heavy atom. The predicted molar refractivity (Wildman–Crippen MR) is 99.9 cm³/mol. The van der Waals surface area contributed by atoms with Crippen molar-refractivity contribution in [3.63, 3.8) is 0 Å². The average molecular weight is 415 g/mol. The number of benzene rings is 1. The minimum Gasteiger partial charge on any atom is -0.489 e. The smallest absolute Gasteiger partial charge is 0.407 e. The Balaban J connectivity index is 1.50. The van der Waals surface area contributed by atoms with E-state index in [1.165, 1.54) is 11.0 Å². The van der Waals surface area contributed by atoms with Crippen LogP contribution in [0.2, 0.25) is 0 Å². The molecule has 0 unspecified atom stereocenters. The molecule has 9 heteroatoms. The lowest BCUT2D eigenvalue weighted by atomic mass is 9.94. The Morgan fingerprint density at radius 2 is 1.64 bits per heavy atom. The van der Waals surface area contributed by atoms with Gasteiger partial charge in [-0.1, -0.05) is 0 Å². The highest BCUT2D eigenvalue weighted by Crippen LogP contribution is 2.31. The molecule has 1 amide bonds. The summed E-state index contributed by atoms with van der Waals surface area (Å²) in [5.74, 6) is -0.472. The van der Waals surface area contributed by atoms with Crippen LogP contribution in [0.25, 0.3) is 0 Å². The van der Waals surface area contributed by atoms with Crippen LogP contribution in [0.5, 0.6) is 5.75 Å². The lowest BCUT2D eigenvalue weighted by molar-refractivity contribution is -0.0643. The van der Waals surface area contributed by atoms with Gasteiger partial charge in [0.2, 0.25) is 0 Å². The number of likely N-dealkylation sites (tertiary alicyclic amines) is 1. The van der Waals surface area contributed by atoms with Crippen LogP contribution < -0.4 is 4.74 Å². The van der Waals surface area contributed by atoms with Crippen molar-refractivity contribution in [1.29, 1.82) is 0 Å². The van der Waals surface area contributed by atoms with Gasteiger partial charge in [0.05, 0.1) is 18.3 Å². The molecule has 28 heavy (non-hydrogen) atoms. The number of ether oxygens (including phenoxy) is 2. The highest BCUT2D eigenvalue weighted by Gasteiger charge is 2.29. The molecule has 0 radical (unpaired) electrons. The van der Waals surface area contributed by atoms with Gasteiger partial charge < -0.3 is 19.5 Å². The Morgan fingerprint density at radius 3 is 2.21 bits per heavy atom. The van der Waals surface area contributed by atoms with Crippen LogP contribution in [0.3, 0.4) is 0 Å². The van der Waals surface area contributed by atoms with E-state index in [0.29, 0.717) is 38.8 Å². The molecule has 1 saturated carbocycles. The molecule has 1 saturated heterocycles. The van der Waals surface area contributed by atoms with Gasteiger partial charge in [0.1, 0.15) is 16.5 Å². The summed E-state index contributed by atoms with van der Waals surface area (Å²) in [7, 11) is -3.50. The summed E-state index contributed by atoms with van der Waals surface area (Å²) in [6.07, 6.45) is 4.48. The maximum Gasteiger partial charge on any atom is 0.407 e. The third kappa shape index (κ3) is 5.35. The first-order valence-electron chi connectivity index (χ1n) is 9.52. The quantitative estimate of drug-likeness (QED) is 0.743. The summed E-state index contributed by atoms with van der Waals surface area (Å²) >= 11 is 0. The summed E-state index contributed by atoms with van der Waals surface area (Å²) in [5.41, 5.74) is 0. The maximum atomic E-state index is 13.6. The first-order valence-corrected chi connectivity index (χ1v) is 11.4. The van der Waals surface area contributed by atoms with Gasteiger partial charge in [0, 0.05) is 25.4 Å². The Bertz CT molecular complexity index is 799. The SMILES string of the molecule is CS(=O)(=O)c1ccc(F)cc1OC1CCC(OC2CCN(C(=O)O)CC2)CC1. The van der Waals surface area contributed by atoms with Crippen molar-refractivity contribution >= 4 is 15.9 Å². The molecule has 2 fully saturated rings. The number of amides is 1. The van der Waals surface area contributed by atoms with Crippen molar-refractivity contribution in [3.05, 3.63) is 24.0 Å². The number of carboxylic acid groups (broad SMARTS) is 1. The normalized spacial score (nSPS) is 24.1. The lowest BCUT2D eigenvalue weighted by Crippen LogP contribution is -2.41. The summed E-state index contributed by atoms with van der Waals surface area (Å²) < 4.78 is 49.3. The monoisotopic (exact) mass is 415 g/mol. The van der Waals surface area contributed by atoms with Crippen LogP contribution in [0.15, 0.2) is 23.1 Å². The molecule has 0 aromatic heterocycles. The summed E-state index contributed by atoms with van der Waals surface area (Å²) in [6, 6.07) is 3.47. The van der Waals surface area contributed by atoms with Gasteiger partial charge in [-0.2, -0.15) is 0 Å². The highest BCUT2D eigenvalue weighted by molar-refractivity contribution is 7.90. The second-order valence-corrected chi connectivity index (χ2v) is 9.47. The Hall–Kier alpha value is -1.87. The zero-order valence-corrected chi connectivity index (χ0v) is 16.7. The zero-order chi connectivity index (χ0) is 20.3. The molecule has 3 rings (SSSR count). The summed E-state index contributed by atoms with van der Waals surface area (Å²) in [5, 5.41) is 8.99. The van der Waals surface area contributed by atoms with E-state index >= 15 is 0 Å². The molecular formula is C19H26FNO6S. The third-order valence-corrected chi connectivity index (χ3v) is 6.45. The van der Waals surface area contributed by atoms with E-state index < -0.39 is 21.7 Å². The fourth-order valence-electron chi connectivity index (χ4n) is 3.80. The molecular weight excluding hydrogens is 389 g/mol. The van der Waals surface area contributed by atoms with Crippen LogP contribution in [0, 0.1) is 5.82 Å². The number of carbonyl (C=O) groups is 1. The van der Waals surface area contributed by atoms with Crippen LogP contribution in [0.1, 0.15) is 38.5 Å². The molecule has 0 bridgehead atoms. The van der Waals surface area contributed by atoms with Gasteiger partial charge in [0.25, 0.3) is 0 Å². The van der Waals surface area contributed by atoms with Crippen molar-refractivity contribution in [2.75, 3.05) is 19.3 Å². The molecule has 1 aromatic carbocycles. The molecule has 1 heterocycles. The summed E-state index contributed by atoms with van der Waals surface area (Å²) in [6.45, 7) is 0.985. The van der Waals surface area contributed by atoms with E-state index in [1.54, 1.807) is 0 Å². The van der Waals surface area contributed by atoms with Crippen molar-refractivity contribution in [1.82, 2.24) is 4.90 Å². The zero-order valence-electron chi connectivity index (χ0n) is 15.8. The van der Waals surface area contributed by atoms with E-state index in [9.17, 15) is 17.6 Å². The molecule has 1 N–H and O–H groups in total. The molecule has 156 valence electrons. The number of sulfone groups is 1. The van der Waals surface area contributed by atoms with E-state index in [4.69, 9.17) is 14.6 Å². The number of rotatable bonds is 5. The van der Waals surface area contributed by atoms with Gasteiger partial charge in [-0.15, -0.1) is 0 Å². The van der Waals surface area contributed by atoms with Crippen LogP contribution in [-0.2, 0) is 14.6 Å². The number of piperidine rings is 1. The van der Waals surface area contributed by atoms with Crippen LogP contribution >= 0.6 is 0 Å². The molecule has 2 aliphatic rings. The first kappa shape index (κ1) is 20.9. The standard InChI is InChI=1S/C19H26FNO6S/c1-28(24,25)18-7-2-13(20)12-17(18)27-15-5-3-14(4-6-15)26-16-8-10-21(11-9-16)19(22)23/h2,7,12,14-16H,3-6,8-11H2,1H3,(H,22,23). The minimum atomic E-state index is -3.50. The second kappa shape index (κ2) is 8.65. The van der Waals surface area contributed by atoms with Crippen molar-refractivity contribution in [3.8, 4) is 5.75 Å². The largest absolute Gasteiger partial charge is 0.489 e. The lowest BCUT2D eigenvalue weighted by Gasteiger charge is -2.35. The van der Waals surface area contributed by atoms with Crippen molar-refractivity contribution < 1.29 is 32.2 Å². The first-order chi connectivity index (χ1) is 13.2. The Labute approximate surface area is 164 Å². The second-order valence-electron chi connectivity index (χ2n) is 7.48. The summed E-state index contributed by atoms with van der Waals surface area (Å²) in [4.78, 5) is 12.4. The van der Waals surface area contributed by atoms with Gasteiger partial charge in [-0.25, -0.2) is 17.6 Å². The van der Waals surface area contributed by atoms with E-state index in [1.807, 2.05) is 0 Å². The number of nitrogens with zero attached hydrogens (tertiary/aromatic N) is 1. The van der Waals surface area contributed by atoms with Crippen LogP contribution in [0.4, 0.5) is 9.18 Å². The van der Waals surface area contributed by atoms with Crippen molar-refractivity contribution in [2.24, 2.45) is 0 Å². The number of halogens is 1. The fourth-order valence-corrected chi connectivity index (χ4v) is 4.59. The predicted octanol–water partition coefficient (Wildman–Crippen LogP) is 3.08. The highest BCUT2D eigenvalue weighted by atomic mass is 32.2. The molecule has 1 aliphatic heterocycles. The Kier molecular flexibility index (Phi) is 6.44. The van der Waals surface area contributed by atoms with Gasteiger partial charge in [0.15, 0.2) is 9.84 Å². The average Bonchev–Trinajstić information content (AvgIpc) is 2.63. The van der Waals surface area contributed by atoms with Gasteiger partial charge >= 0.3 is 6.09 Å². The van der Waals surface area contributed by atoms with E-state index in [2.05, 4.69) is 0 Å². The molecule has 7 nitrogen and oxygen atoms in total. The van der Waals surface area contributed by atoms with Gasteiger partial charge in [-0.05, 0) is 50.7 Å². The third-order valence-electron chi connectivity index (χ3n) is 5.32. The topological polar surface area (TPSA) is 93.1 Å². The number of hydrogen-bond acceptors (Lipinski definition) is 5. The van der Waals surface area contributed by atoms with Crippen LogP contribution in [-0.4, -0.2) is 62.2 Å². The number of hydrogen-bond donors (Lipinski definition) is 1. The fraction of sp³-hybridized carbons (Fsp3) is 0.632. The van der Waals surface area contributed by atoms with Gasteiger partial charge in [-0.3, -0.25) is 0 Å². The van der Waals surface area contributed by atoms with Crippen molar-refractivity contribution in [2.45, 2.75) is 61.7 Å². The molecule has 0 atom stereocenters. The molecule has 1 aromatic rings. The van der Waals surface area contributed by atoms with E-state index in [0.717, 1.165) is 31.2 Å². The molecule has 1 aliphatic carbocycles. The maximum absolute atomic E-state index is 13.6. The van der Waals surface area contributed by atoms with E-state index in [-0.39, 0.29) is 29.0 Å².